The van der Waals surface area contributed by atoms with E-state index < -0.39 is 5.92 Å². The van der Waals surface area contributed by atoms with Crippen LogP contribution in [0.3, 0.4) is 0 Å². The van der Waals surface area contributed by atoms with Crippen LogP contribution in [-0.2, 0) is 9.59 Å². The summed E-state index contributed by atoms with van der Waals surface area (Å²) in [7, 11) is 0. The van der Waals surface area contributed by atoms with E-state index in [1.807, 2.05) is 13.8 Å². The van der Waals surface area contributed by atoms with Gasteiger partial charge in [-0.1, -0.05) is 5.10 Å². The first-order valence-electron chi connectivity index (χ1n) is 8.55. The molecule has 1 aliphatic heterocycles. The second kappa shape index (κ2) is 7.12. The van der Waals surface area contributed by atoms with E-state index in [1.54, 1.807) is 0 Å². The van der Waals surface area contributed by atoms with Crippen molar-refractivity contribution in [1.82, 2.24) is 15.2 Å². The number of nitrogens with one attached hydrogen (secondary N) is 1. The van der Waals surface area contributed by atoms with Crippen LogP contribution in [0, 0.1) is 25.6 Å². The lowest BCUT2D eigenvalue weighted by Gasteiger charge is -2.16. The molecule has 28 heavy (non-hydrogen) atoms. The van der Waals surface area contributed by atoms with Gasteiger partial charge in [0.05, 0.1) is 16.6 Å². The average molecular weight is 401 g/mol. The molecule has 0 radical (unpaired) electrons. The summed E-state index contributed by atoms with van der Waals surface area (Å²) < 4.78 is 18.6. The molecule has 10 heteroatoms. The maximum Gasteiger partial charge on any atom is 0.322 e. The zero-order valence-corrected chi connectivity index (χ0v) is 15.9. The molecule has 0 spiro atoms. The molecule has 1 aliphatic rings. The van der Waals surface area contributed by atoms with Crippen LogP contribution in [0.2, 0.25) is 0 Å². The van der Waals surface area contributed by atoms with Crippen molar-refractivity contribution in [3.05, 3.63) is 40.8 Å². The minimum absolute atomic E-state index is 0.0295. The van der Waals surface area contributed by atoms with E-state index in [-0.39, 0.29) is 42.5 Å². The van der Waals surface area contributed by atoms with Gasteiger partial charge in [-0.2, -0.15) is 0 Å². The second-order valence-electron chi connectivity index (χ2n) is 6.43. The fourth-order valence-electron chi connectivity index (χ4n) is 3.06. The summed E-state index contributed by atoms with van der Waals surface area (Å²) in [5.74, 6) is -1.25. The summed E-state index contributed by atoms with van der Waals surface area (Å²) in [6.45, 7) is 3.92. The lowest BCUT2D eigenvalue weighted by atomic mass is 10.1. The Labute approximate surface area is 163 Å². The molecular formula is C18H16FN5O3S. The van der Waals surface area contributed by atoms with E-state index in [0.29, 0.717) is 5.69 Å². The molecule has 2 aromatic heterocycles. The number of nitrogens with zero attached hydrogens (tertiary/aromatic N) is 4. The van der Waals surface area contributed by atoms with Gasteiger partial charge < -0.3 is 9.32 Å². The van der Waals surface area contributed by atoms with Gasteiger partial charge >= 0.3 is 6.01 Å². The van der Waals surface area contributed by atoms with Gasteiger partial charge in [-0.15, -0.1) is 16.4 Å². The number of halogens is 1. The van der Waals surface area contributed by atoms with Crippen LogP contribution in [0.25, 0.3) is 10.8 Å². The van der Waals surface area contributed by atoms with Crippen molar-refractivity contribution in [2.45, 2.75) is 20.3 Å². The predicted octanol–water partition coefficient (Wildman–Crippen LogP) is 2.94. The standard InChI is InChI=1S/C18H16FN5O3S/c1-9-15(28-10(2)20-9)17-22-23-18(27-17)21-16(26)11-7-14(25)24(8-11)13-5-3-12(19)4-6-13/h3-6,11H,7-8H2,1-2H3,(H,21,23,26)/t11-/m0/s1. The zero-order chi connectivity index (χ0) is 19.8. The molecule has 1 atom stereocenters. The molecule has 3 heterocycles. The summed E-state index contributed by atoms with van der Waals surface area (Å²) in [5.41, 5.74) is 1.33. The van der Waals surface area contributed by atoms with E-state index in [1.165, 1.54) is 40.5 Å². The molecule has 1 aromatic carbocycles. The van der Waals surface area contributed by atoms with Gasteiger partial charge in [-0.25, -0.2) is 9.37 Å². The lowest BCUT2D eigenvalue weighted by molar-refractivity contribution is -0.122. The number of amides is 2. The second-order valence-corrected chi connectivity index (χ2v) is 7.63. The van der Waals surface area contributed by atoms with Crippen molar-refractivity contribution in [1.29, 1.82) is 0 Å². The van der Waals surface area contributed by atoms with E-state index in [4.69, 9.17) is 4.42 Å². The van der Waals surface area contributed by atoms with Crippen LogP contribution in [0.4, 0.5) is 16.1 Å². The van der Waals surface area contributed by atoms with E-state index >= 15 is 0 Å². The van der Waals surface area contributed by atoms with Crippen LogP contribution < -0.4 is 10.2 Å². The molecule has 0 unspecified atom stereocenters. The fraction of sp³-hybridized carbons (Fsp3) is 0.278. The van der Waals surface area contributed by atoms with Crippen LogP contribution >= 0.6 is 11.3 Å². The number of aryl methyl sites for hydroxylation is 2. The normalized spacial score (nSPS) is 16.6. The van der Waals surface area contributed by atoms with Crippen LogP contribution in [-0.4, -0.2) is 33.5 Å². The van der Waals surface area contributed by atoms with Crippen LogP contribution in [0.1, 0.15) is 17.1 Å². The molecule has 0 bridgehead atoms. The molecular weight excluding hydrogens is 385 g/mol. The number of benzene rings is 1. The number of hydrogen-bond acceptors (Lipinski definition) is 7. The van der Waals surface area contributed by atoms with Crippen molar-refractivity contribution in [2.75, 3.05) is 16.8 Å². The Hall–Kier alpha value is -3.14. The minimum atomic E-state index is -0.569. The third kappa shape index (κ3) is 3.50. The Morgan fingerprint density at radius 3 is 2.71 bits per heavy atom. The van der Waals surface area contributed by atoms with Gasteiger partial charge in [0, 0.05) is 18.7 Å². The number of rotatable bonds is 4. The third-order valence-corrected chi connectivity index (χ3v) is 5.45. The Bertz CT molecular complexity index is 1050. The fourth-order valence-corrected chi connectivity index (χ4v) is 3.90. The zero-order valence-electron chi connectivity index (χ0n) is 15.1. The number of carbonyl (C=O) groups excluding carboxylic acids is 2. The highest BCUT2D eigenvalue weighted by atomic mass is 32.1. The SMILES string of the molecule is Cc1nc(C)c(-c2nnc(NC(=O)[C@H]3CC(=O)N(c4ccc(F)cc4)C3)o2)s1. The highest BCUT2D eigenvalue weighted by Gasteiger charge is 2.35. The van der Waals surface area contributed by atoms with Crippen molar-refractivity contribution < 1.29 is 18.4 Å². The summed E-state index contributed by atoms with van der Waals surface area (Å²) in [6, 6.07) is 5.55. The molecule has 8 nitrogen and oxygen atoms in total. The molecule has 1 saturated heterocycles. The van der Waals surface area contributed by atoms with Crippen molar-refractivity contribution in [2.24, 2.45) is 5.92 Å². The average Bonchev–Trinajstić information content (AvgIpc) is 3.35. The van der Waals surface area contributed by atoms with Gasteiger partial charge in [0.25, 0.3) is 5.89 Å². The Morgan fingerprint density at radius 1 is 1.29 bits per heavy atom. The van der Waals surface area contributed by atoms with Gasteiger partial charge in [0.1, 0.15) is 10.7 Å². The van der Waals surface area contributed by atoms with Crippen molar-refractivity contribution >= 4 is 34.9 Å². The number of aromatic nitrogens is 3. The lowest BCUT2D eigenvalue weighted by Crippen LogP contribution is -2.28. The Morgan fingerprint density at radius 2 is 2.04 bits per heavy atom. The van der Waals surface area contributed by atoms with Gasteiger partial charge in [-0.05, 0) is 38.1 Å². The summed E-state index contributed by atoms with van der Waals surface area (Å²) >= 11 is 1.43. The monoisotopic (exact) mass is 401 g/mol. The highest BCUT2D eigenvalue weighted by molar-refractivity contribution is 7.15. The van der Waals surface area contributed by atoms with E-state index in [0.717, 1.165) is 15.6 Å². The molecule has 4 rings (SSSR count). The molecule has 0 aliphatic carbocycles. The van der Waals surface area contributed by atoms with Crippen molar-refractivity contribution in [3.63, 3.8) is 0 Å². The van der Waals surface area contributed by atoms with Gasteiger partial charge in [0.15, 0.2) is 0 Å². The molecule has 144 valence electrons. The number of thiazole rings is 1. The van der Waals surface area contributed by atoms with Gasteiger partial charge in [-0.3, -0.25) is 14.9 Å². The molecule has 1 fully saturated rings. The predicted molar refractivity (Wildman–Crippen MR) is 100 cm³/mol. The van der Waals surface area contributed by atoms with Crippen LogP contribution in [0.5, 0.6) is 0 Å². The third-order valence-electron chi connectivity index (χ3n) is 4.39. The number of hydrogen-bond donors (Lipinski definition) is 1. The molecule has 3 aromatic rings. The maximum absolute atomic E-state index is 13.1. The quantitative estimate of drug-likeness (QED) is 0.721. The largest absolute Gasteiger partial charge is 0.402 e. The van der Waals surface area contributed by atoms with Crippen LogP contribution in [0.15, 0.2) is 28.7 Å². The van der Waals surface area contributed by atoms with E-state index in [9.17, 15) is 14.0 Å². The molecule has 0 saturated carbocycles. The first-order chi connectivity index (χ1) is 13.4. The first-order valence-corrected chi connectivity index (χ1v) is 9.37. The number of carbonyl (C=O) groups is 2. The topological polar surface area (TPSA) is 101 Å². The molecule has 1 N–H and O–H groups in total. The smallest absolute Gasteiger partial charge is 0.322 e. The Balaban J connectivity index is 1.44. The first kappa shape index (κ1) is 18.2. The summed E-state index contributed by atoms with van der Waals surface area (Å²) in [6.07, 6.45) is 0.0529. The maximum atomic E-state index is 13.1. The minimum Gasteiger partial charge on any atom is -0.402 e. The van der Waals surface area contributed by atoms with Crippen molar-refractivity contribution in [3.8, 4) is 10.8 Å². The van der Waals surface area contributed by atoms with E-state index in [2.05, 4.69) is 20.5 Å². The summed E-state index contributed by atoms with van der Waals surface area (Å²) in [5, 5.41) is 11.2. The number of anilines is 2. The van der Waals surface area contributed by atoms with Gasteiger partial charge in [0.2, 0.25) is 11.8 Å². The Kier molecular flexibility index (Phi) is 4.63. The highest BCUT2D eigenvalue weighted by Crippen LogP contribution is 2.30. The molecule has 2 amide bonds. The summed E-state index contributed by atoms with van der Waals surface area (Å²) in [4.78, 5) is 31.3.